The molecule has 0 saturated carbocycles. The number of aliphatic carboxylic acids is 1. The van der Waals surface area contributed by atoms with Gasteiger partial charge in [-0.2, -0.15) is 0 Å². The van der Waals surface area contributed by atoms with Crippen molar-refractivity contribution in [2.45, 2.75) is 39.2 Å². The molecule has 2 N–H and O–H groups in total. The summed E-state index contributed by atoms with van der Waals surface area (Å²) in [6.45, 7) is 4.31. The molecule has 0 radical (unpaired) electrons. The molecule has 0 aromatic heterocycles. The molecule has 0 aromatic carbocycles. The van der Waals surface area contributed by atoms with E-state index in [-0.39, 0.29) is 0 Å². The highest BCUT2D eigenvalue weighted by Crippen LogP contribution is 2.21. The van der Waals surface area contributed by atoms with Crippen molar-refractivity contribution in [3.05, 3.63) is 0 Å². The quantitative estimate of drug-likeness (QED) is 0.670. The normalized spacial score (nSPS) is 14.7. The van der Waals surface area contributed by atoms with Crippen molar-refractivity contribution in [2.75, 3.05) is 0 Å². The van der Waals surface area contributed by atoms with Crippen molar-refractivity contribution in [2.24, 2.45) is 5.92 Å². The van der Waals surface area contributed by atoms with Crippen LogP contribution in [0.4, 0.5) is 0 Å². The summed E-state index contributed by atoms with van der Waals surface area (Å²) in [5.41, 5.74) is -2.06. The third-order valence-electron chi connectivity index (χ3n) is 1.97. The number of ketones is 2. The van der Waals surface area contributed by atoms with Gasteiger partial charge in [-0.05, 0) is 6.92 Å². The van der Waals surface area contributed by atoms with Crippen LogP contribution in [0.15, 0.2) is 0 Å². The van der Waals surface area contributed by atoms with Crippen LogP contribution in [-0.2, 0) is 14.4 Å². The average Bonchev–Trinajstić information content (AvgIpc) is 1.99. The van der Waals surface area contributed by atoms with Gasteiger partial charge in [0, 0.05) is 12.3 Å². The smallest absolute Gasteiger partial charge is 0.306 e. The number of rotatable bonds is 6. The second kappa shape index (κ2) is 5.02. The van der Waals surface area contributed by atoms with Crippen LogP contribution in [0.2, 0.25) is 0 Å². The predicted molar refractivity (Wildman–Crippen MR) is 52.3 cm³/mol. The topological polar surface area (TPSA) is 91.7 Å². The van der Waals surface area contributed by atoms with E-state index in [0.29, 0.717) is 0 Å². The van der Waals surface area contributed by atoms with Crippen molar-refractivity contribution in [3.63, 3.8) is 0 Å². The Morgan fingerprint density at radius 2 is 1.67 bits per heavy atom. The Hall–Kier alpha value is -1.23. The molecule has 0 saturated heterocycles. The van der Waals surface area contributed by atoms with Crippen LogP contribution < -0.4 is 0 Å². The zero-order valence-electron chi connectivity index (χ0n) is 9.11. The van der Waals surface area contributed by atoms with Crippen molar-refractivity contribution in [3.8, 4) is 0 Å². The van der Waals surface area contributed by atoms with Crippen LogP contribution in [0.1, 0.15) is 33.6 Å². The lowest BCUT2D eigenvalue weighted by Crippen LogP contribution is -2.44. The van der Waals surface area contributed by atoms with E-state index >= 15 is 0 Å². The molecule has 0 fully saturated rings. The number of hydrogen-bond acceptors (Lipinski definition) is 4. The minimum absolute atomic E-state index is 0.409. The molecule has 0 spiro atoms. The fourth-order valence-electron chi connectivity index (χ4n) is 1.44. The van der Waals surface area contributed by atoms with Gasteiger partial charge in [-0.15, -0.1) is 0 Å². The van der Waals surface area contributed by atoms with Gasteiger partial charge >= 0.3 is 5.97 Å². The Morgan fingerprint density at radius 3 is 1.93 bits per heavy atom. The lowest BCUT2D eigenvalue weighted by molar-refractivity contribution is -0.155. The fraction of sp³-hybridized carbons (Fsp3) is 0.700. The lowest BCUT2D eigenvalue weighted by atomic mass is 9.84. The maximum atomic E-state index is 11.6. The summed E-state index contributed by atoms with van der Waals surface area (Å²) in [5, 5.41) is 18.4. The molecular formula is C10H16O5. The zero-order valence-corrected chi connectivity index (χ0v) is 9.11. The van der Waals surface area contributed by atoms with Crippen LogP contribution in [0, 0.1) is 5.92 Å². The van der Waals surface area contributed by atoms with E-state index < -0.39 is 41.9 Å². The van der Waals surface area contributed by atoms with E-state index in [0.717, 1.165) is 0 Å². The molecule has 5 heteroatoms. The number of Topliss-reactive ketones (excluding diaryl/α,β-unsaturated/α-hetero) is 2. The molecule has 0 aliphatic heterocycles. The van der Waals surface area contributed by atoms with Gasteiger partial charge in [0.1, 0.15) is 11.4 Å². The monoisotopic (exact) mass is 216 g/mol. The van der Waals surface area contributed by atoms with Gasteiger partial charge in [-0.25, -0.2) is 0 Å². The number of aliphatic hydroxyl groups is 1. The third kappa shape index (κ3) is 4.20. The van der Waals surface area contributed by atoms with Gasteiger partial charge in [0.25, 0.3) is 0 Å². The van der Waals surface area contributed by atoms with E-state index in [9.17, 15) is 19.5 Å². The maximum Gasteiger partial charge on any atom is 0.306 e. The third-order valence-corrected chi connectivity index (χ3v) is 1.97. The second-order valence-electron chi connectivity index (χ2n) is 4.00. The van der Waals surface area contributed by atoms with Gasteiger partial charge < -0.3 is 10.2 Å². The molecule has 0 amide bonds. The first-order valence-electron chi connectivity index (χ1n) is 4.67. The lowest BCUT2D eigenvalue weighted by Gasteiger charge is -2.25. The maximum absolute atomic E-state index is 11.6. The first-order chi connectivity index (χ1) is 6.69. The van der Waals surface area contributed by atoms with Crippen LogP contribution in [0.25, 0.3) is 0 Å². The van der Waals surface area contributed by atoms with E-state index in [4.69, 9.17) is 5.11 Å². The summed E-state index contributed by atoms with van der Waals surface area (Å²) >= 11 is 0. The van der Waals surface area contributed by atoms with Crippen molar-refractivity contribution >= 4 is 17.5 Å². The van der Waals surface area contributed by atoms with Crippen molar-refractivity contribution in [1.29, 1.82) is 0 Å². The van der Waals surface area contributed by atoms with E-state index in [1.165, 1.54) is 6.92 Å². The van der Waals surface area contributed by atoms with E-state index in [1.807, 2.05) is 0 Å². The molecule has 0 heterocycles. The zero-order chi connectivity index (χ0) is 12.2. The number of carbonyl (C=O) groups excluding carboxylic acids is 2. The molecule has 0 bridgehead atoms. The predicted octanol–water partition coefficient (Wildman–Crippen LogP) is 0.396. The number of carboxylic acid groups (broad SMARTS) is 1. The molecule has 1 atom stereocenters. The SMILES string of the molecule is CC(=O)C[C@](O)(CC(=O)O)C(=O)C(C)C. The molecule has 0 unspecified atom stereocenters. The first kappa shape index (κ1) is 13.8. The average molecular weight is 216 g/mol. The molecule has 5 nitrogen and oxygen atoms in total. The summed E-state index contributed by atoms with van der Waals surface area (Å²) in [7, 11) is 0. The Balaban J connectivity index is 4.92. The highest BCUT2D eigenvalue weighted by molar-refractivity contribution is 5.96. The van der Waals surface area contributed by atoms with Crippen LogP contribution in [0.3, 0.4) is 0 Å². The van der Waals surface area contributed by atoms with Crippen molar-refractivity contribution < 1.29 is 24.6 Å². The highest BCUT2D eigenvalue weighted by atomic mass is 16.4. The van der Waals surface area contributed by atoms with Crippen LogP contribution in [0.5, 0.6) is 0 Å². The van der Waals surface area contributed by atoms with E-state index in [1.54, 1.807) is 13.8 Å². The van der Waals surface area contributed by atoms with Gasteiger partial charge in [0.15, 0.2) is 5.78 Å². The fourth-order valence-corrected chi connectivity index (χ4v) is 1.44. The molecule has 86 valence electrons. The first-order valence-corrected chi connectivity index (χ1v) is 4.67. The summed E-state index contributed by atoms with van der Waals surface area (Å²) < 4.78 is 0. The summed E-state index contributed by atoms with van der Waals surface area (Å²) in [4.78, 5) is 32.9. The Bertz CT molecular complexity index is 264. The largest absolute Gasteiger partial charge is 0.481 e. The van der Waals surface area contributed by atoms with Gasteiger partial charge in [0.05, 0.1) is 6.42 Å². The van der Waals surface area contributed by atoms with Crippen LogP contribution in [-0.4, -0.2) is 33.3 Å². The molecular weight excluding hydrogens is 200 g/mol. The minimum Gasteiger partial charge on any atom is -0.481 e. The van der Waals surface area contributed by atoms with E-state index in [2.05, 4.69) is 0 Å². The summed E-state index contributed by atoms with van der Waals surface area (Å²) in [6.07, 6.45) is -1.18. The summed E-state index contributed by atoms with van der Waals surface area (Å²) in [6, 6.07) is 0. The Labute approximate surface area is 88.1 Å². The summed E-state index contributed by atoms with van der Waals surface area (Å²) in [5.74, 6) is -2.82. The van der Waals surface area contributed by atoms with Gasteiger partial charge in [-0.3, -0.25) is 14.4 Å². The number of carbonyl (C=O) groups is 3. The highest BCUT2D eigenvalue weighted by Gasteiger charge is 2.40. The molecule has 0 aliphatic rings. The molecule has 0 aromatic rings. The molecule has 15 heavy (non-hydrogen) atoms. The van der Waals surface area contributed by atoms with Gasteiger partial charge in [0.2, 0.25) is 0 Å². The standard InChI is InChI=1S/C10H16O5/c1-6(2)9(14)10(15,4-7(3)11)5-8(12)13/h6,15H,4-5H2,1-3H3,(H,12,13)/t10-/m0/s1. The Morgan fingerprint density at radius 1 is 1.20 bits per heavy atom. The number of carboxylic acids is 1. The number of hydrogen-bond donors (Lipinski definition) is 2. The Kier molecular flexibility index (Phi) is 4.61. The second-order valence-corrected chi connectivity index (χ2v) is 4.00. The molecule has 0 rings (SSSR count). The van der Waals surface area contributed by atoms with Crippen molar-refractivity contribution in [1.82, 2.24) is 0 Å². The molecule has 0 aliphatic carbocycles. The minimum atomic E-state index is -2.06. The van der Waals surface area contributed by atoms with Gasteiger partial charge in [-0.1, -0.05) is 13.8 Å². The van der Waals surface area contributed by atoms with Crippen LogP contribution >= 0.6 is 0 Å².